The van der Waals surface area contributed by atoms with E-state index in [-0.39, 0.29) is 4.90 Å². The maximum absolute atomic E-state index is 11.7. The van der Waals surface area contributed by atoms with E-state index in [0.29, 0.717) is 19.6 Å². The molecular formula is C11H16N2O4S. The number of urea groups is 1. The molecule has 2 N–H and O–H groups in total. The molecule has 0 unspecified atom stereocenters. The zero-order valence-corrected chi connectivity index (χ0v) is 10.9. The number of carbonyl (C=O) groups is 1. The minimum Gasteiger partial charge on any atom is -0.385 e. The van der Waals surface area contributed by atoms with Crippen molar-refractivity contribution in [3.8, 4) is 0 Å². The van der Waals surface area contributed by atoms with Crippen LogP contribution >= 0.6 is 0 Å². The Morgan fingerprint density at radius 1 is 1.28 bits per heavy atom. The quantitative estimate of drug-likeness (QED) is 0.747. The fraction of sp³-hybridized carbons (Fsp3) is 0.364. The number of amides is 2. The van der Waals surface area contributed by atoms with Crippen molar-refractivity contribution in [2.75, 3.05) is 20.3 Å². The van der Waals surface area contributed by atoms with E-state index in [4.69, 9.17) is 4.74 Å². The number of nitrogens with one attached hydrogen (secondary N) is 2. The summed E-state index contributed by atoms with van der Waals surface area (Å²) in [5.41, 5.74) is 0. The lowest BCUT2D eigenvalue weighted by Gasteiger charge is -2.08. The number of hydrogen-bond donors (Lipinski definition) is 2. The van der Waals surface area contributed by atoms with Gasteiger partial charge in [0, 0.05) is 20.3 Å². The molecular weight excluding hydrogens is 256 g/mol. The van der Waals surface area contributed by atoms with E-state index in [0.717, 1.165) is 0 Å². The summed E-state index contributed by atoms with van der Waals surface area (Å²) < 4.78 is 30.2. The number of sulfonamides is 1. The van der Waals surface area contributed by atoms with Crippen molar-refractivity contribution in [2.45, 2.75) is 11.3 Å². The first-order chi connectivity index (χ1) is 8.56. The van der Waals surface area contributed by atoms with Gasteiger partial charge < -0.3 is 10.1 Å². The van der Waals surface area contributed by atoms with Crippen LogP contribution in [0.4, 0.5) is 4.79 Å². The summed E-state index contributed by atoms with van der Waals surface area (Å²) in [6.07, 6.45) is 0.620. The van der Waals surface area contributed by atoms with Crippen LogP contribution in [0.3, 0.4) is 0 Å². The van der Waals surface area contributed by atoms with Crippen molar-refractivity contribution >= 4 is 16.1 Å². The minimum absolute atomic E-state index is 0.0528. The molecule has 100 valence electrons. The summed E-state index contributed by atoms with van der Waals surface area (Å²) in [5, 5.41) is 2.43. The second kappa shape index (κ2) is 6.97. The summed E-state index contributed by atoms with van der Waals surface area (Å²) in [6, 6.07) is 6.97. The standard InChI is InChI=1S/C11H16N2O4S/c1-17-9-5-8-12-11(14)13-18(15,16)10-6-3-2-4-7-10/h2-4,6-7H,5,8-9H2,1H3,(H2,12,13,14). The van der Waals surface area contributed by atoms with Gasteiger partial charge in [0.2, 0.25) is 0 Å². The molecule has 7 heteroatoms. The Morgan fingerprint density at radius 2 is 1.94 bits per heavy atom. The molecule has 0 bridgehead atoms. The van der Waals surface area contributed by atoms with Crippen LogP contribution in [0.15, 0.2) is 35.2 Å². The number of methoxy groups -OCH3 is 1. The highest BCUT2D eigenvalue weighted by Gasteiger charge is 2.16. The van der Waals surface area contributed by atoms with Gasteiger partial charge in [-0.05, 0) is 18.6 Å². The van der Waals surface area contributed by atoms with Crippen LogP contribution in [-0.2, 0) is 14.8 Å². The third-order valence-electron chi connectivity index (χ3n) is 2.09. The highest BCUT2D eigenvalue weighted by molar-refractivity contribution is 7.90. The van der Waals surface area contributed by atoms with Gasteiger partial charge in [-0.1, -0.05) is 18.2 Å². The highest BCUT2D eigenvalue weighted by atomic mass is 32.2. The number of carbonyl (C=O) groups excluding carboxylic acids is 1. The van der Waals surface area contributed by atoms with Crippen molar-refractivity contribution in [3.05, 3.63) is 30.3 Å². The molecule has 1 rings (SSSR count). The van der Waals surface area contributed by atoms with Crippen LogP contribution in [0.2, 0.25) is 0 Å². The average Bonchev–Trinajstić information content (AvgIpc) is 2.35. The zero-order valence-electron chi connectivity index (χ0n) is 10.0. The molecule has 0 heterocycles. The third kappa shape index (κ3) is 4.72. The molecule has 1 aromatic carbocycles. The summed E-state index contributed by atoms with van der Waals surface area (Å²) in [5.74, 6) is 0. The molecule has 0 aliphatic heterocycles. The Morgan fingerprint density at radius 3 is 2.56 bits per heavy atom. The van der Waals surface area contributed by atoms with E-state index in [1.807, 2.05) is 4.72 Å². The maximum Gasteiger partial charge on any atom is 0.328 e. The fourth-order valence-corrected chi connectivity index (χ4v) is 2.18. The lowest BCUT2D eigenvalue weighted by Crippen LogP contribution is -2.39. The Bertz CT molecular complexity index is 473. The maximum atomic E-state index is 11.7. The van der Waals surface area contributed by atoms with Crippen LogP contribution in [0.25, 0.3) is 0 Å². The van der Waals surface area contributed by atoms with Crippen molar-refractivity contribution < 1.29 is 17.9 Å². The van der Waals surface area contributed by atoms with Gasteiger partial charge in [-0.3, -0.25) is 0 Å². The summed E-state index contributed by atoms with van der Waals surface area (Å²) in [7, 11) is -2.24. The predicted octanol–water partition coefficient (Wildman–Crippen LogP) is 0.711. The van der Waals surface area contributed by atoms with Crippen molar-refractivity contribution in [1.29, 1.82) is 0 Å². The molecule has 18 heavy (non-hydrogen) atoms. The van der Waals surface area contributed by atoms with Gasteiger partial charge in [0.05, 0.1) is 4.90 Å². The topological polar surface area (TPSA) is 84.5 Å². The molecule has 0 fully saturated rings. The SMILES string of the molecule is COCCCNC(=O)NS(=O)(=O)c1ccccc1. The lowest BCUT2D eigenvalue weighted by atomic mass is 10.4. The van der Waals surface area contributed by atoms with Crippen LogP contribution < -0.4 is 10.0 Å². The van der Waals surface area contributed by atoms with Gasteiger partial charge in [-0.2, -0.15) is 0 Å². The van der Waals surface area contributed by atoms with Gasteiger partial charge in [-0.15, -0.1) is 0 Å². The van der Waals surface area contributed by atoms with Gasteiger partial charge in [0.25, 0.3) is 10.0 Å². The van der Waals surface area contributed by atoms with E-state index in [2.05, 4.69) is 5.32 Å². The number of benzene rings is 1. The van der Waals surface area contributed by atoms with Gasteiger partial charge >= 0.3 is 6.03 Å². The normalized spacial score (nSPS) is 10.9. The molecule has 0 saturated heterocycles. The monoisotopic (exact) mass is 272 g/mol. The minimum atomic E-state index is -3.80. The van der Waals surface area contributed by atoms with Gasteiger partial charge in [0.1, 0.15) is 0 Å². The Balaban J connectivity index is 2.49. The first-order valence-electron chi connectivity index (χ1n) is 5.41. The summed E-state index contributed by atoms with van der Waals surface area (Å²) in [6.45, 7) is 0.857. The second-order valence-corrected chi connectivity index (χ2v) is 5.20. The van der Waals surface area contributed by atoms with Crippen molar-refractivity contribution in [2.24, 2.45) is 0 Å². The van der Waals surface area contributed by atoms with E-state index in [9.17, 15) is 13.2 Å². The van der Waals surface area contributed by atoms with Gasteiger partial charge in [-0.25, -0.2) is 17.9 Å². The van der Waals surface area contributed by atoms with Crippen LogP contribution in [0.5, 0.6) is 0 Å². The van der Waals surface area contributed by atoms with Crippen LogP contribution in [-0.4, -0.2) is 34.7 Å². The molecule has 2 amide bonds. The molecule has 0 radical (unpaired) electrons. The fourth-order valence-electron chi connectivity index (χ4n) is 1.24. The predicted molar refractivity (Wildman–Crippen MR) is 66.7 cm³/mol. The molecule has 1 aromatic rings. The first kappa shape index (κ1) is 14.5. The van der Waals surface area contributed by atoms with E-state index >= 15 is 0 Å². The Labute approximate surface area is 106 Å². The van der Waals surface area contributed by atoms with Crippen LogP contribution in [0, 0.1) is 0 Å². The Kier molecular flexibility index (Phi) is 5.60. The molecule has 0 atom stereocenters. The molecule has 0 spiro atoms. The second-order valence-electron chi connectivity index (χ2n) is 3.52. The van der Waals surface area contributed by atoms with Crippen molar-refractivity contribution in [3.63, 3.8) is 0 Å². The van der Waals surface area contributed by atoms with Gasteiger partial charge in [0.15, 0.2) is 0 Å². The smallest absolute Gasteiger partial charge is 0.328 e. The largest absolute Gasteiger partial charge is 0.385 e. The van der Waals surface area contributed by atoms with Crippen LogP contribution in [0.1, 0.15) is 6.42 Å². The van der Waals surface area contributed by atoms with E-state index in [1.54, 1.807) is 25.3 Å². The highest BCUT2D eigenvalue weighted by Crippen LogP contribution is 2.06. The molecule has 0 aliphatic carbocycles. The van der Waals surface area contributed by atoms with E-state index in [1.165, 1.54) is 12.1 Å². The zero-order chi connectivity index (χ0) is 13.4. The first-order valence-corrected chi connectivity index (χ1v) is 6.89. The molecule has 0 saturated carbocycles. The third-order valence-corrected chi connectivity index (χ3v) is 3.44. The molecule has 0 aliphatic rings. The average molecular weight is 272 g/mol. The number of hydrogen-bond acceptors (Lipinski definition) is 4. The molecule has 6 nitrogen and oxygen atoms in total. The number of ether oxygens (including phenoxy) is 1. The number of rotatable bonds is 6. The van der Waals surface area contributed by atoms with Crippen molar-refractivity contribution in [1.82, 2.24) is 10.0 Å². The van der Waals surface area contributed by atoms with E-state index < -0.39 is 16.1 Å². The lowest BCUT2D eigenvalue weighted by molar-refractivity contribution is 0.194. The summed E-state index contributed by atoms with van der Waals surface area (Å²) in [4.78, 5) is 11.4. The Hall–Kier alpha value is -1.60. The summed E-state index contributed by atoms with van der Waals surface area (Å²) >= 11 is 0. The molecule has 0 aromatic heterocycles.